The zero-order valence-corrected chi connectivity index (χ0v) is 20.6. The molecule has 37 heavy (non-hydrogen) atoms. The molecule has 0 fully saturated rings. The molecule has 0 aliphatic carbocycles. The number of fused-ring (bicyclic) bond motifs is 2. The van der Waals surface area contributed by atoms with Gasteiger partial charge in [0.2, 0.25) is 0 Å². The van der Waals surface area contributed by atoms with Gasteiger partial charge in [-0.05, 0) is 35.4 Å². The van der Waals surface area contributed by atoms with Gasteiger partial charge in [0.1, 0.15) is 5.82 Å². The lowest BCUT2D eigenvalue weighted by Crippen LogP contribution is -2.18. The van der Waals surface area contributed by atoms with E-state index in [1.807, 2.05) is 54.6 Å². The van der Waals surface area contributed by atoms with Crippen LogP contribution in [0.2, 0.25) is 0 Å². The van der Waals surface area contributed by atoms with Crippen molar-refractivity contribution in [1.29, 1.82) is 0 Å². The van der Waals surface area contributed by atoms with Crippen molar-refractivity contribution in [3.8, 4) is 22.4 Å². The fraction of sp³-hybridized carbons (Fsp3) is 0.129. The largest absolute Gasteiger partial charge is 0.331 e. The molecule has 6 aromatic rings. The van der Waals surface area contributed by atoms with Crippen molar-refractivity contribution in [3.05, 3.63) is 119 Å². The molecule has 0 unspecified atom stereocenters. The van der Waals surface area contributed by atoms with Gasteiger partial charge in [-0.3, -0.25) is 4.79 Å². The van der Waals surface area contributed by atoms with Gasteiger partial charge < -0.3 is 14.9 Å². The van der Waals surface area contributed by atoms with Crippen molar-refractivity contribution in [3.63, 3.8) is 0 Å². The Bertz CT molecular complexity index is 1750. The van der Waals surface area contributed by atoms with Crippen LogP contribution in [0.1, 0.15) is 11.4 Å². The number of benzene rings is 3. The van der Waals surface area contributed by atoms with Crippen LogP contribution in [0.3, 0.4) is 0 Å². The molecule has 3 aromatic heterocycles. The third kappa shape index (κ3) is 4.55. The number of nitrogens with zero attached hydrogens (tertiary/aromatic N) is 3. The monoisotopic (exact) mass is 485 g/mol. The van der Waals surface area contributed by atoms with E-state index in [0.29, 0.717) is 10.9 Å². The Morgan fingerprint density at radius 3 is 2.43 bits per heavy atom. The van der Waals surface area contributed by atoms with Crippen molar-refractivity contribution in [2.75, 3.05) is 6.54 Å². The van der Waals surface area contributed by atoms with Crippen LogP contribution in [-0.2, 0) is 20.0 Å². The average molecular weight is 486 g/mol. The summed E-state index contributed by atoms with van der Waals surface area (Å²) in [5.74, 6) is 1.08. The molecule has 0 spiro atoms. The van der Waals surface area contributed by atoms with Gasteiger partial charge in [-0.25, -0.2) is 9.97 Å². The number of rotatable bonds is 7. The molecule has 2 N–H and O–H groups in total. The van der Waals surface area contributed by atoms with Gasteiger partial charge in [-0.1, -0.05) is 66.7 Å². The highest BCUT2D eigenvalue weighted by atomic mass is 16.1. The smallest absolute Gasteiger partial charge is 0.257 e. The zero-order chi connectivity index (χ0) is 25.2. The van der Waals surface area contributed by atoms with Gasteiger partial charge in [0.05, 0.1) is 27.6 Å². The number of para-hydroxylation sites is 2. The Morgan fingerprint density at radius 2 is 1.62 bits per heavy atom. The van der Waals surface area contributed by atoms with Crippen LogP contribution in [0, 0.1) is 0 Å². The average Bonchev–Trinajstić information content (AvgIpc) is 3.27. The molecule has 0 saturated carbocycles. The Labute approximate surface area is 214 Å². The van der Waals surface area contributed by atoms with Crippen molar-refractivity contribution < 1.29 is 0 Å². The first-order chi connectivity index (χ1) is 18.2. The van der Waals surface area contributed by atoms with E-state index in [1.165, 1.54) is 5.56 Å². The number of H-pyrrole nitrogens is 1. The minimum Gasteiger partial charge on any atom is -0.331 e. The quantitative estimate of drug-likeness (QED) is 0.294. The minimum atomic E-state index is -0.131. The highest BCUT2D eigenvalue weighted by Gasteiger charge is 2.13. The van der Waals surface area contributed by atoms with Crippen molar-refractivity contribution in [2.24, 2.45) is 7.05 Å². The van der Waals surface area contributed by atoms with E-state index in [0.717, 1.165) is 58.8 Å². The summed E-state index contributed by atoms with van der Waals surface area (Å²) in [5, 5.41) is 4.13. The predicted molar refractivity (Wildman–Crippen MR) is 149 cm³/mol. The van der Waals surface area contributed by atoms with E-state index < -0.39 is 0 Å². The minimum absolute atomic E-state index is 0.131. The molecule has 0 amide bonds. The van der Waals surface area contributed by atoms with Crippen molar-refractivity contribution in [1.82, 2.24) is 24.8 Å². The number of hydrogen-bond acceptors (Lipinski definition) is 4. The van der Waals surface area contributed by atoms with Gasteiger partial charge in [-0.2, -0.15) is 0 Å². The summed E-state index contributed by atoms with van der Waals surface area (Å²) in [5.41, 5.74) is 7.82. The second-order valence-corrected chi connectivity index (χ2v) is 9.19. The van der Waals surface area contributed by atoms with Crippen LogP contribution in [0.15, 0.2) is 102 Å². The lowest BCUT2D eigenvalue weighted by atomic mass is 9.97. The molecule has 182 valence electrons. The van der Waals surface area contributed by atoms with E-state index in [1.54, 1.807) is 6.20 Å². The Kier molecular flexibility index (Phi) is 6.08. The third-order valence-electron chi connectivity index (χ3n) is 6.80. The highest BCUT2D eigenvalue weighted by Crippen LogP contribution is 2.32. The van der Waals surface area contributed by atoms with E-state index in [9.17, 15) is 4.79 Å². The molecule has 6 heteroatoms. The molecule has 6 rings (SSSR count). The molecule has 0 bridgehead atoms. The normalized spacial score (nSPS) is 11.4. The third-order valence-corrected chi connectivity index (χ3v) is 6.80. The summed E-state index contributed by atoms with van der Waals surface area (Å²) in [4.78, 5) is 24.8. The second kappa shape index (κ2) is 9.84. The molecule has 0 radical (unpaired) electrons. The number of hydrogen-bond donors (Lipinski definition) is 2. The maximum atomic E-state index is 12.4. The van der Waals surface area contributed by atoms with E-state index >= 15 is 0 Å². The molecule has 0 aliphatic heterocycles. The summed E-state index contributed by atoms with van der Waals surface area (Å²) in [6.45, 7) is 1.62. The predicted octanol–water partition coefficient (Wildman–Crippen LogP) is 5.48. The maximum absolute atomic E-state index is 12.4. The number of imidazole rings is 1. The van der Waals surface area contributed by atoms with Crippen LogP contribution in [0.25, 0.3) is 44.3 Å². The van der Waals surface area contributed by atoms with Crippen LogP contribution in [0.4, 0.5) is 0 Å². The summed E-state index contributed by atoms with van der Waals surface area (Å²) < 4.78 is 2.17. The first-order valence-electron chi connectivity index (χ1n) is 12.5. The highest BCUT2D eigenvalue weighted by molar-refractivity contribution is 5.91. The number of nitrogens with one attached hydrogen (secondary N) is 2. The lowest BCUT2D eigenvalue weighted by Gasteiger charge is -2.12. The molecule has 3 aromatic carbocycles. The maximum Gasteiger partial charge on any atom is 0.257 e. The van der Waals surface area contributed by atoms with Crippen LogP contribution < -0.4 is 10.9 Å². The number of aromatic nitrogens is 4. The standard InChI is InChI=1S/C31H27N5O/c1-36-28-10-6-5-9-27(28)34-29(36)16-17-32-20-21-11-13-23(14-12-21)30-24(22-7-3-2-4-8-22)19-25-26(35-30)15-18-33-31(25)37/h2-15,18-19,32H,16-17,20H2,1H3,(H,33,37). The first-order valence-corrected chi connectivity index (χ1v) is 12.5. The van der Waals surface area contributed by atoms with Gasteiger partial charge in [0.25, 0.3) is 5.56 Å². The van der Waals surface area contributed by atoms with Gasteiger partial charge in [0.15, 0.2) is 0 Å². The van der Waals surface area contributed by atoms with E-state index in [4.69, 9.17) is 9.97 Å². The van der Waals surface area contributed by atoms with E-state index in [2.05, 4.69) is 58.3 Å². The lowest BCUT2D eigenvalue weighted by molar-refractivity contribution is 0.658. The van der Waals surface area contributed by atoms with Crippen LogP contribution in [0.5, 0.6) is 0 Å². The molecular weight excluding hydrogens is 458 g/mol. The molecule has 0 saturated heterocycles. The summed E-state index contributed by atoms with van der Waals surface area (Å²) in [6.07, 6.45) is 2.51. The number of pyridine rings is 2. The SMILES string of the molecule is Cn1c(CCNCc2ccc(-c3nc4cc[nH]c(=O)c4cc3-c3ccccc3)cc2)nc2ccccc21. The Balaban J connectivity index is 1.20. The second-order valence-electron chi connectivity index (χ2n) is 9.19. The molecule has 0 aliphatic rings. The fourth-order valence-corrected chi connectivity index (χ4v) is 4.80. The van der Waals surface area contributed by atoms with Crippen LogP contribution >= 0.6 is 0 Å². The summed E-state index contributed by atoms with van der Waals surface area (Å²) >= 11 is 0. The van der Waals surface area contributed by atoms with Gasteiger partial charge in [-0.15, -0.1) is 0 Å². The van der Waals surface area contributed by atoms with Crippen molar-refractivity contribution >= 4 is 21.9 Å². The topological polar surface area (TPSA) is 75.6 Å². The Morgan fingerprint density at radius 1 is 0.838 bits per heavy atom. The number of aryl methyl sites for hydroxylation is 1. The molecule has 6 nitrogen and oxygen atoms in total. The Hall–Kier alpha value is -4.55. The number of aromatic amines is 1. The van der Waals surface area contributed by atoms with Crippen molar-refractivity contribution in [2.45, 2.75) is 13.0 Å². The van der Waals surface area contributed by atoms with Crippen LogP contribution in [-0.4, -0.2) is 26.1 Å². The fourth-order valence-electron chi connectivity index (χ4n) is 4.80. The summed E-state index contributed by atoms with van der Waals surface area (Å²) in [7, 11) is 2.07. The van der Waals surface area contributed by atoms with E-state index in [-0.39, 0.29) is 5.56 Å². The molecule has 3 heterocycles. The molecular formula is C31H27N5O. The zero-order valence-electron chi connectivity index (χ0n) is 20.6. The van der Waals surface area contributed by atoms with Gasteiger partial charge in [0, 0.05) is 43.9 Å². The first kappa shape index (κ1) is 22.9. The van der Waals surface area contributed by atoms with Gasteiger partial charge >= 0.3 is 0 Å². The molecule has 0 atom stereocenters. The summed E-state index contributed by atoms with van der Waals surface area (Å²) in [6, 6.07) is 30.6.